The first kappa shape index (κ1) is 14.7. The van der Waals surface area contributed by atoms with Crippen molar-refractivity contribution in [2.75, 3.05) is 12.3 Å². The Hall–Kier alpha value is -2.25. The Labute approximate surface area is 125 Å². The van der Waals surface area contributed by atoms with E-state index in [1.165, 1.54) is 23.8 Å². The molecule has 0 spiro atoms. The Morgan fingerprint density at radius 2 is 2.27 bits per heavy atom. The van der Waals surface area contributed by atoms with Crippen LogP contribution >= 0.6 is 0 Å². The molecular formula is C13H15N5O4. The van der Waals surface area contributed by atoms with Crippen LogP contribution < -0.4 is 5.73 Å². The molecule has 0 radical (unpaired) electrons. The fourth-order valence-electron chi connectivity index (χ4n) is 2.85. The number of hydrogen-bond acceptors (Lipinski definition) is 8. The summed E-state index contributed by atoms with van der Waals surface area (Å²) >= 11 is 0. The van der Waals surface area contributed by atoms with Gasteiger partial charge in [0.25, 0.3) is 0 Å². The highest BCUT2D eigenvalue weighted by atomic mass is 16.6. The molecule has 5 N–H and O–H groups in total. The minimum Gasteiger partial charge on any atom is -0.394 e. The lowest BCUT2D eigenvalue weighted by molar-refractivity contribution is -0.109. The monoisotopic (exact) mass is 305 g/mol. The highest BCUT2D eigenvalue weighted by Gasteiger charge is 2.65. The van der Waals surface area contributed by atoms with E-state index >= 15 is 0 Å². The topological polar surface area (TPSA) is 150 Å². The third-order valence-corrected chi connectivity index (χ3v) is 4.15. The maximum Gasteiger partial charge on any atom is 0.228 e. The van der Waals surface area contributed by atoms with Crippen molar-refractivity contribution in [2.24, 2.45) is 0 Å². The lowest BCUT2D eigenvalue weighted by Crippen LogP contribution is -2.52. The number of nitrogens with zero attached hydrogens (tertiary/aromatic N) is 4. The first-order valence-corrected chi connectivity index (χ1v) is 6.58. The summed E-state index contributed by atoms with van der Waals surface area (Å²) in [6.45, 7) is 0.738. The molecule has 4 atom stereocenters. The average Bonchev–Trinajstić information content (AvgIpc) is 3.01. The van der Waals surface area contributed by atoms with Gasteiger partial charge in [-0.15, -0.1) is 0 Å². The second kappa shape index (κ2) is 4.62. The normalized spacial score (nSPS) is 34.9. The van der Waals surface area contributed by atoms with Crippen molar-refractivity contribution in [3.63, 3.8) is 0 Å². The number of nitriles is 1. The van der Waals surface area contributed by atoms with Crippen LogP contribution in [0, 0.1) is 11.3 Å². The first-order valence-electron chi connectivity index (χ1n) is 6.58. The van der Waals surface area contributed by atoms with Crippen molar-refractivity contribution in [3.05, 3.63) is 24.2 Å². The number of nitrogen functional groups attached to an aromatic ring is 1. The molecule has 0 bridgehead atoms. The summed E-state index contributed by atoms with van der Waals surface area (Å²) in [5.74, 6) is 0.200. The quantitative estimate of drug-likeness (QED) is 0.525. The molecule has 2 aromatic rings. The van der Waals surface area contributed by atoms with Crippen LogP contribution in [0.2, 0.25) is 0 Å². The van der Waals surface area contributed by atoms with Gasteiger partial charge in [0.2, 0.25) is 5.60 Å². The van der Waals surface area contributed by atoms with E-state index in [1.54, 1.807) is 6.07 Å². The number of aliphatic hydroxyl groups excluding tert-OH is 2. The number of anilines is 1. The molecule has 1 fully saturated rings. The Morgan fingerprint density at radius 1 is 1.55 bits per heavy atom. The zero-order valence-corrected chi connectivity index (χ0v) is 11.7. The van der Waals surface area contributed by atoms with E-state index in [0.717, 1.165) is 0 Å². The molecule has 2 aromatic heterocycles. The van der Waals surface area contributed by atoms with Crippen LogP contribution in [0.1, 0.15) is 12.6 Å². The number of fused-ring (bicyclic) bond motifs is 1. The maximum absolute atomic E-state index is 10.7. The van der Waals surface area contributed by atoms with Crippen LogP contribution in [0.5, 0.6) is 0 Å². The van der Waals surface area contributed by atoms with Gasteiger partial charge in [0.15, 0.2) is 5.82 Å². The number of ether oxygens (including phenoxy) is 1. The lowest BCUT2D eigenvalue weighted by Gasteiger charge is -2.33. The van der Waals surface area contributed by atoms with Crippen LogP contribution in [0.15, 0.2) is 18.5 Å². The van der Waals surface area contributed by atoms with E-state index in [0.29, 0.717) is 5.52 Å². The van der Waals surface area contributed by atoms with Crippen molar-refractivity contribution in [1.29, 1.82) is 5.26 Å². The van der Waals surface area contributed by atoms with Gasteiger partial charge in [-0.1, -0.05) is 0 Å². The fraction of sp³-hybridized carbons (Fsp3) is 0.462. The number of nitrogens with two attached hydrogens (primary N) is 1. The molecule has 1 aliphatic rings. The van der Waals surface area contributed by atoms with Gasteiger partial charge in [-0.2, -0.15) is 10.4 Å². The zero-order chi connectivity index (χ0) is 16.1. The molecule has 1 saturated heterocycles. The van der Waals surface area contributed by atoms with E-state index in [2.05, 4.69) is 10.1 Å². The van der Waals surface area contributed by atoms with Gasteiger partial charge in [-0.25, -0.2) is 9.50 Å². The summed E-state index contributed by atoms with van der Waals surface area (Å²) in [6.07, 6.45) is -1.33. The molecule has 1 aliphatic heterocycles. The zero-order valence-electron chi connectivity index (χ0n) is 11.7. The van der Waals surface area contributed by atoms with Gasteiger partial charge in [-0.3, -0.25) is 0 Å². The van der Waals surface area contributed by atoms with Gasteiger partial charge in [-0.05, 0) is 19.1 Å². The van der Waals surface area contributed by atoms with Crippen molar-refractivity contribution in [3.8, 4) is 6.07 Å². The molecule has 22 heavy (non-hydrogen) atoms. The first-order chi connectivity index (χ1) is 10.4. The van der Waals surface area contributed by atoms with Gasteiger partial charge < -0.3 is 25.8 Å². The second-order valence-corrected chi connectivity index (χ2v) is 5.39. The van der Waals surface area contributed by atoms with Crippen LogP contribution in [0.3, 0.4) is 0 Å². The third kappa shape index (κ3) is 1.60. The molecule has 0 saturated carbocycles. The largest absolute Gasteiger partial charge is 0.394 e. The number of aliphatic hydroxyl groups is 3. The summed E-state index contributed by atoms with van der Waals surface area (Å²) in [5, 5.41) is 43.8. The molecule has 3 heterocycles. The van der Waals surface area contributed by atoms with Crippen LogP contribution in [-0.4, -0.2) is 54.3 Å². The van der Waals surface area contributed by atoms with E-state index in [1.807, 2.05) is 6.07 Å². The molecule has 3 rings (SSSR count). The standard InChI is InChI=1S/C13H15N5O4/c1-12(21)10(20)8(4-19)22-13(12,5-14)9-3-2-7-11(15)16-6-17-18(7)9/h2-3,6,8,10,19-21H,4H2,1H3,(H2,15,16,17)/t8-,10-,12-,13?/m1/s1. The van der Waals surface area contributed by atoms with Crippen molar-refractivity contribution >= 4 is 11.3 Å². The molecule has 116 valence electrons. The summed E-state index contributed by atoms with van der Waals surface area (Å²) in [7, 11) is 0. The Bertz CT molecular complexity index is 767. The van der Waals surface area contributed by atoms with Crippen molar-refractivity contribution in [1.82, 2.24) is 14.6 Å². The lowest BCUT2D eigenvalue weighted by atomic mass is 9.80. The number of rotatable bonds is 2. The van der Waals surface area contributed by atoms with Gasteiger partial charge in [0.1, 0.15) is 35.7 Å². The van der Waals surface area contributed by atoms with Crippen LogP contribution in [0.4, 0.5) is 5.82 Å². The third-order valence-electron chi connectivity index (χ3n) is 4.15. The Morgan fingerprint density at radius 3 is 2.86 bits per heavy atom. The molecule has 0 aromatic carbocycles. The van der Waals surface area contributed by atoms with Gasteiger partial charge in [0, 0.05) is 0 Å². The fourth-order valence-corrected chi connectivity index (χ4v) is 2.85. The second-order valence-electron chi connectivity index (χ2n) is 5.39. The van der Waals surface area contributed by atoms with E-state index in [9.17, 15) is 20.6 Å². The summed E-state index contributed by atoms with van der Waals surface area (Å²) in [5.41, 5.74) is 2.52. The SMILES string of the molecule is C[C@@]1(O)[C@H](O)[C@@H](CO)OC1(C#N)c1ccc2c(N)ncnn12. The van der Waals surface area contributed by atoms with Crippen LogP contribution in [-0.2, 0) is 10.3 Å². The summed E-state index contributed by atoms with van der Waals surface area (Å²) < 4.78 is 6.86. The molecular weight excluding hydrogens is 290 g/mol. The number of hydrogen-bond donors (Lipinski definition) is 4. The summed E-state index contributed by atoms with van der Waals surface area (Å²) in [6, 6.07) is 5.01. The highest BCUT2D eigenvalue weighted by molar-refractivity contribution is 5.66. The minimum atomic E-state index is -1.96. The predicted molar refractivity (Wildman–Crippen MR) is 73.3 cm³/mol. The molecule has 1 unspecified atom stereocenters. The summed E-state index contributed by atoms with van der Waals surface area (Å²) in [4.78, 5) is 3.85. The van der Waals surface area contributed by atoms with Crippen molar-refractivity contribution in [2.45, 2.75) is 30.3 Å². The predicted octanol–water partition coefficient (Wildman–Crippen LogP) is -1.47. The van der Waals surface area contributed by atoms with Gasteiger partial charge in [0.05, 0.1) is 12.3 Å². The Balaban J connectivity index is 2.27. The Kier molecular flexibility index (Phi) is 3.08. The molecule has 9 nitrogen and oxygen atoms in total. The van der Waals surface area contributed by atoms with E-state index in [4.69, 9.17) is 10.5 Å². The van der Waals surface area contributed by atoms with Gasteiger partial charge >= 0.3 is 0 Å². The molecule has 0 amide bonds. The smallest absolute Gasteiger partial charge is 0.228 e. The van der Waals surface area contributed by atoms with E-state index < -0.39 is 30.0 Å². The minimum absolute atomic E-state index is 0.194. The number of aromatic nitrogens is 3. The average molecular weight is 305 g/mol. The van der Waals surface area contributed by atoms with Crippen molar-refractivity contribution < 1.29 is 20.1 Å². The molecule has 9 heteroatoms. The highest BCUT2D eigenvalue weighted by Crippen LogP contribution is 2.47. The van der Waals surface area contributed by atoms with Crippen LogP contribution in [0.25, 0.3) is 5.52 Å². The maximum atomic E-state index is 10.7. The molecule has 0 aliphatic carbocycles. The van der Waals surface area contributed by atoms with E-state index in [-0.39, 0.29) is 11.5 Å².